The summed E-state index contributed by atoms with van der Waals surface area (Å²) in [7, 11) is 0. The molecule has 0 unspecified atom stereocenters. The fourth-order valence-electron chi connectivity index (χ4n) is 0.406. The summed E-state index contributed by atoms with van der Waals surface area (Å²) in [5, 5.41) is 16.8. The number of allylic oxidation sites excluding steroid dienone is 2. The first kappa shape index (κ1) is 9.40. The molecule has 0 saturated heterocycles. The third kappa shape index (κ3) is 2.33. The van der Waals surface area contributed by atoms with Crippen LogP contribution in [0.3, 0.4) is 0 Å². The highest BCUT2D eigenvalue weighted by Gasteiger charge is 1.98. The fourth-order valence-corrected chi connectivity index (χ4v) is 0.406. The summed E-state index contributed by atoms with van der Waals surface area (Å²) in [5.74, 6) is 8.69. The zero-order valence-electron chi connectivity index (χ0n) is 6.05. The van der Waals surface area contributed by atoms with Crippen LogP contribution in [0.1, 0.15) is 0 Å². The Kier molecular flexibility index (Phi) is 4.08. The van der Waals surface area contributed by atoms with E-state index < -0.39 is 0 Å². The number of nitriles is 2. The highest BCUT2D eigenvalue weighted by atomic mass is 14.3. The van der Waals surface area contributed by atoms with Crippen molar-refractivity contribution in [1.29, 1.82) is 10.5 Å². The van der Waals surface area contributed by atoms with Gasteiger partial charge in [-0.1, -0.05) is 5.92 Å². The zero-order chi connectivity index (χ0) is 9.40. The molecule has 0 aromatic rings. The molecule has 0 aliphatic rings. The van der Waals surface area contributed by atoms with Crippen molar-refractivity contribution in [2.24, 2.45) is 0 Å². The van der Waals surface area contributed by atoms with Crippen molar-refractivity contribution in [2.45, 2.75) is 0 Å². The molecular weight excluding hydrogens is 148 g/mol. The van der Waals surface area contributed by atoms with Crippen LogP contribution in [0.5, 0.6) is 0 Å². The minimum atomic E-state index is -0.194. The lowest BCUT2D eigenvalue weighted by molar-refractivity contribution is 1.45. The summed E-state index contributed by atoms with van der Waals surface area (Å²) in [6.07, 6.45) is 9.82. The van der Waals surface area contributed by atoms with Crippen LogP contribution in [0.2, 0.25) is 0 Å². The lowest BCUT2D eigenvalue weighted by atomic mass is 10.1. The average Bonchev–Trinajstić information content (AvgIpc) is 2.12. The maximum atomic E-state index is 8.38. The lowest BCUT2D eigenvalue weighted by Gasteiger charge is -1.82. The smallest absolute Gasteiger partial charge is 0.153 e. The van der Waals surface area contributed by atoms with Gasteiger partial charge in [0.25, 0.3) is 0 Å². The largest absolute Gasteiger partial charge is 0.192 e. The van der Waals surface area contributed by atoms with Gasteiger partial charge >= 0.3 is 0 Å². The van der Waals surface area contributed by atoms with Crippen molar-refractivity contribution in [3.63, 3.8) is 0 Å². The van der Waals surface area contributed by atoms with E-state index in [4.69, 9.17) is 23.4 Å². The first-order valence-corrected chi connectivity index (χ1v) is 2.77. The molecule has 0 aromatic carbocycles. The molecule has 0 N–H and O–H groups in total. The van der Waals surface area contributed by atoms with Crippen LogP contribution in [0.4, 0.5) is 0 Å². The molecule has 0 amide bonds. The van der Waals surface area contributed by atoms with Gasteiger partial charge < -0.3 is 0 Å². The molecule has 0 bridgehead atoms. The molecule has 0 aliphatic carbocycles. The normalized spacial score (nSPS) is 5.33. The van der Waals surface area contributed by atoms with E-state index in [1.54, 1.807) is 12.1 Å². The number of hydrogen-bond donors (Lipinski definition) is 0. The van der Waals surface area contributed by atoms with Gasteiger partial charge in [-0.3, -0.25) is 0 Å². The molecule has 12 heavy (non-hydrogen) atoms. The SMILES string of the molecule is C#CC#CC(C#C)=C(C#N)C#N. The van der Waals surface area contributed by atoms with Crippen LogP contribution >= 0.6 is 0 Å². The minimum Gasteiger partial charge on any atom is -0.192 e. The zero-order valence-corrected chi connectivity index (χ0v) is 6.05. The van der Waals surface area contributed by atoms with Crippen molar-refractivity contribution in [3.8, 4) is 48.7 Å². The van der Waals surface area contributed by atoms with Crippen molar-refractivity contribution < 1.29 is 0 Å². The Morgan fingerprint density at radius 2 is 1.58 bits per heavy atom. The lowest BCUT2D eigenvalue weighted by Crippen LogP contribution is -1.80. The Morgan fingerprint density at radius 3 is 1.92 bits per heavy atom. The van der Waals surface area contributed by atoms with Gasteiger partial charge in [0.15, 0.2) is 5.57 Å². The Labute approximate surface area is 71.1 Å². The van der Waals surface area contributed by atoms with Crippen LogP contribution < -0.4 is 0 Å². The van der Waals surface area contributed by atoms with E-state index in [2.05, 4.69) is 17.8 Å². The van der Waals surface area contributed by atoms with Crippen LogP contribution in [0, 0.1) is 59.2 Å². The minimum absolute atomic E-state index is 0.0259. The molecular formula is C10H2N2. The van der Waals surface area contributed by atoms with E-state index in [0.29, 0.717) is 0 Å². The molecule has 0 aliphatic heterocycles. The van der Waals surface area contributed by atoms with E-state index >= 15 is 0 Å². The second kappa shape index (κ2) is 5.21. The van der Waals surface area contributed by atoms with Gasteiger partial charge in [0.2, 0.25) is 0 Å². The van der Waals surface area contributed by atoms with E-state index in [1.807, 2.05) is 5.92 Å². The summed E-state index contributed by atoms with van der Waals surface area (Å²) < 4.78 is 0. The Morgan fingerprint density at radius 1 is 1.00 bits per heavy atom. The predicted molar refractivity (Wildman–Crippen MR) is 43.7 cm³/mol. The Hall–Kier alpha value is -2.60. The van der Waals surface area contributed by atoms with Gasteiger partial charge in [-0.15, -0.1) is 12.8 Å². The van der Waals surface area contributed by atoms with Gasteiger partial charge in [-0.25, -0.2) is 0 Å². The van der Waals surface area contributed by atoms with Crippen molar-refractivity contribution in [1.82, 2.24) is 0 Å². The van der Waals surface area contributed by atoms with E-state index in [1.165, 1.54) is 0 Å². The highest BCUT2D eigenvalue weighted by Crippen LogP contribution is 1.98. The van der Waals surface area contributed by atoms with E-state index in [9.17, 15) is 0 Å². The average molecular weight is 150 g/mol. The monoisotopic (exact) mass is 150 g/mol. The van der Waals surface area contributed by atoms with Crippen molar-refractivity contribution in [3.05, 3.63) is 11.1 Å². The van der Waals surface area contributed by atoms with Gasteiger partial charge in [-0.2, -0.15) is 10.5 Å². The van der Waals surface area contributed by atoms with Gasteiger partial charge in [-0.05, 0) is 17.8 Å². The molecule has 52 valence electrons. The standard InChI is InChI=1S/C10H2N2/c1-3-5-6-9(4-2)10(7-11)8-12/h1-2H. The molecule has 2 heteroatoms. The maximum Gasteiger partial charge on any atom is 0.153 e. The summed E-state index contributed by atoms with van der Waals surface area (Å²) in [6, 6.07) is 3.23. The maximum absolute atomic E-state index is 8.38. The third-order valence-corrected chi connectivity index (χ3v) is 0.878. The van der Waals surface area contributed by atoms with Crippen LogP contribution in [-0.2, 0) is 0 Å². The van der Waals surface area contributed by atoms with Crippen molar-refractivity contribution in [2.75, 3.05) is 0 Å². The van der Waals surface area contributed by atoms with Gasteiger partial charge in [0.05, 0.1) is 0 Å². The van der Waals surface area contributed by atoms with E-state index in [0.717, 1.165) is 0 Å². The Bertz CT molecular complexity index is 412. The third-order valence-electron chi connectivity index (χ3n) is 0.878. The molecule has 0 heterocycles. The van der Waals surface area contributed by atoms with Crippen LogP contribution in [0.15, 0.2) is 11.1 Å². The summed E-state index contributed by atoms with van der Waals surface area (Å²) in [5.41, 5.74) is -0.168. The second-order valence-electron chi connectivity index (χ2n) is 1.51. The first-order valence-electron chi connectivity index (χ1n) is 2.77. The van der Waals surface area contributed by atoms with Crippen LogP contribution in [-0.4, -0.2) is 0 Å². The van der Waals surface area contributed by atoms with Gasteiger partial charge in [0, 0.05) is 0 Å². The molecule has 0 radical (unpaired) electrons. The van der Waals surface area contributed by atoms with E-state index in [-0.39, 0.29) is 11.1 Å². The summed E-state index contributed by atoms with van der Waals surface area (Å²) in [6.45, 7) is 0. The molecule has 0 rings (SSSR count). The molecule has 0 aromatic heterocycles. The second-order valence-corrected chi connectivity index (χ2v) is 1.51. The Balaban J connectivity index is 5.26. The topological polar surface area (TPSA) is 47.6 Å². The molecule has 0 fully saturated rings. The summed E-state index contributed by atoms with van der Waals surface area (Å²) in [4.78, 5) is 0. The molecule has 2 nitrogen and oxygen atoms in total. The number of hydrogen-bond acceptors (Lipinski definition) is 2. The number of nitrogens with zero attached hydrogens (tertiary/aromatic N) is 2. The highest BCUT2D eigenvalue weighted by molar-refractivity contribution is 5.57. The van der Waals surface area contributed by atoms with Gasteiger partial charge in [0.1, 0.15) is 17.7 Å². The van der Waals surface area contributed by atoms with Crippen LogP contribution in [0.25, 0.3) is 0 Å². The first-order chi connectivity index (χ1) is 5.79. The fraction of sp³-hybridized carbons (Fsp3) is 0. The van der Waals surface area contributed by atoms with Crippen molar-refractivity contribution >= 4 is 0 Å². The molecule has 0 spiro atoms. The summed E-state index contributed by atoms with van der Waals surface area (Å²) >= 11 is 0. The number of rotatable bonds is 0. The number of terminal acetylenes is 2. The quantitative estimate of drug-likeness (QED) is 0.375. The molecule has 0 atom stereocenters. The molecule has 0 saturated carbocycles. The predicted octanol–water partition coefficient (Wildman–Crippen LogP) is 0.600.